The molecule has 0 aromatic rings. The van der Waals surface area contributed by atoms with Crippen LogP contribution in [0, 0.1) is 0 Å². The fourth-order valence-electron chi connectivity index (χ4n) is 1.11. The first-order chi connectivity index (χ1) is 8.42. The summed E-state index contributed by atoms with van der Waals surface area (Å²) in [6.45, 7) is -0.407. The van der Waals surface area contributed by atoms with E-state index in [1.807, 2.05) is 0 Å². The topological polar surface area (TPSA) is 116 Å². The summed E-state index contributed by atoms with van der Waals surface area (Å²) in [6.07, 6.45) is 0.587. The number of aliphatic carboxylic acids is 1. The standard InChI is InChI=1S/C10H18N2O6/c1-12(5-3-4-8(14)18-2)10(17)11-7(6-13)9(15)16/h7,13H,3-6H2,1-2H3,(H,11,17)(H,15,16). The van der Waals surface area contributed by atoms with Gasteiger partial charge in [0.15, 0.2) is 6.04 Å². The van der Waals surface area contributed by atoms with Gasteiger partial charge in [0.1, 0.15) is 0 Å². The molecule has 104 valence electrons. The van der Waals surface area contributed by atoms with E-state index in [4.69, 9.17) is 10.2 Å². The molecule has 0 aromatic heterocycles. The Kier molecular flexibility index (Phi) is 7.45. The van der Waals surface area contributed by atoms with Gasteiger partial charge in [0, 0.05) is 20.0 Å². The van der Waals surface area contributed by atoms with Gasteiger partial charge in [0.2, 0.25) is 0 Å². The smallest absolute Gasteiger partial charge is 0.328 e. The van der Waals surface area contributed by atoms with E-state index in [1.165, 1.54) is 19.1 Å². The molecule has 0 saturated heterocycles. The predicted molar refractivity (Wildman–Crippen MR) is 60.9 cm³/mol. The van der Waals surface area contributed by atoms with Crippen LogP contribution in [0.5, 0.6) is 0 Å². The van der Waals surface area contributed by atoms with Crippen LogP contribution >= 0.6 is 0 Å². The summed E-state index contributed by atoms with van der Waals surface area (Å²) in [4.78, 5) is 34.1. The Morgan fingerprint density at radius 2 is 2.00 bits per heavy atom. The molecule has 8 heteroatoms. The Labute approximate surface area is 105 Å². The minimum atomic E-state index is -1.33. The van der Waals surface area contributed by atoms with Crippen LogP contribution in [0.1, 0.15) is 12.8 Å². The summed E-state index contributed by atoms with van der Waals surface area (Å²) < 4.78 is 4.44. The second-order valence-electron chi connectivity index (χ2n) is 3.62. The van der Waals surface area contributed by atoms with Crippen LogP contribution in [-0.4, -0.2) is 66.4 Å². The SMILES string of the molecule is COC(=O)CCCN(C)C(=O)NC(CO)C(=O)O. The third-order valence-corrected chi connectivity index (χ3v) is 2.23. The maximum atomic E-state index is 11.5. The molecular formula is C10H18N2O6. The Morgan fingerprint density at radius 1 is 1.39 bits per heavy atom. The summed E-state index contributed by atoms with van der Waals surface area (Å²) in [5.74, 6) is -1.68. The van der Waals surface area contributed by atoms with Crippen LogP contribution in [0.15, 0.2) is 0 Å². The molecule has 18 heavy (non-hydrogen) atoms. The molecule has 1 unspecified atom stereocenters. The van der Waals surface area contributed by atoms with Gasteiger partial charge in [-0.05, 0) is 6.42 Å². The third kappa shape index (κ3) is 6.04. The number of hydrogen-bond acceptors (Lipinski definition) is 5. The zero-order chi connectivity index (χ0) is 14.1. The van der Waals surface area contributed by atoms with Crippen LogP contribution < -0.4 is 5.32 Å². The van der Waals surface area contributed by atoms with Gasteiger partial charge < -0.3 is 25.2 Å². The molecule has 8 nitrogen and oxygen atoms in total. The van der Waals surface area contributed by atoms with Crippen molar-refractivity contribution in [1.82, 2.24) is 10.2 Å². The molecule has 0 fully saturated rings. The maximum absolute atomic E-state index is 11.5. The first-order valence-electron chi connectivity index (χ1n) is 5.34. The summed E-state index contributed by atoms with van der Waals surface area (Å²) in [5, 5.41) is 19.5. The van der Waals surface area contributed by atoms with Crippen LogP contribution in [0.3, 0.4) is 0 Å². The predicted octanol–water partition coefficient (Wildman–Crippen LogP) is -0.973. The third-order valence-electron chi connectivity index (χ3n) is 2.23. The number of carbonyl (C=O) groups is 3. The number of nitrogens with one attached hydrogen (secondary N) is 1. The minimum absolute atomic E-state index is 0.177. The molecule has 0 rings (SSSR count). The molecular weight excluding hydrogens is 244 g/mol. The first-order valence-corrected chi connectivity index (χ1v) is 5.34. The minimum Gasteiger partial charge on any atom is -0.480 e. The molecule has 0 bridgehead atoms. The first kappa shape index (κ1) is 16.2. The van der Waals surface area contributed by atoms with Crippen molar-refractivity contribution in [3.63, 3.8) is 0 Å². The number of carboxylic acids is 1. The molecule has 0 aromatic carbocycles. The van der Waals surface area contributed by atoms with E-state index < -0.39 is 24.6 Å². The number of aliphatic hydroxyl groups excluding tert-OH is 1. The van der Waals surface area contributed by atoms with Gasteiger partial charge >= 0.3 is 18.0 Å². The molecule has 0 aliphatic carbocycles. The number of methoxy groups -OCH3 is 1. The lowest BCUT2D eigenvalue weighted by Gasteiger charge is -2.20. The van der Waals surface area contributed by atoms with Gasteiger partial charge in [-0.3, -0.25) is 4.79 Å². The molecule has 0 spiro atoms. The quantitative estimate of drug-likeness (QED) is 0.508. The lowest BCUT2D eigenvalue weighted by atomic mass is 10.3. The number of hydrogen-bond donors (Lipinski definition) is 3. The van der Waals surface area contributed by atoms with Gasteiger partial charge in [-0.2, -0.15) is 0 Å². The van der Waals surface area contributed by atoms with Gasteiger partial charge in [-0.15, -0.1) is 0 Å². The number of amides is 2. The van der Waals surface area contributed by atoms with Gasteiger partial charge in [-0.25, -0.2) is 9.59 Å². The van der Waals surface area contributed by atoms with Crippen molar-refractivity contribution >= 4 is 18.0 Å². The summed E-state index contributed by atoms with van der Waals surface area (Å²) in [6, 6.07) is -1.96. The van der Waals surface area contributed by atoms with E-state index in [-0.39, 0.29) is 18.9 Å². The summed E-state index contributed by atoms with van der Waals surface area (Å²) in [5.41, 5.74) is 0. The molecule has 2 amide bonds. The Hall–Kier alpha value is -1.83. The van der Waals surface area contributed by atoms with Crippen LogP contribution in [0.25, 0.3) is 0 Å². The molecule has 0 saturated carbocycles. The highest BCUT2D eigenvalue weighted by atomic mass is 16.5. The van der Waals surface area contributed by atoms with E-state index in [2.05, 4.69) is 10.1 Å². The van der Waals surface area contributed by atoms with Gasteiger partial charge in [-0.1, -0.05) is 0 Å². The molecule has 0 heterocycles. The normalized spacial score (nSPS) is 11.5. The second kappa shape index (κ2) is 8.29. The molecule has 3 N–H and O–H groups in total. The molecule has 0 aliphatic heterocycles. The maximum Gasteiger partial charge on any atom is 0.328 e. The van der Waals surface area contributed by atoms with Gasteiger partial charge in [0.25, 0.3) is 0 Å². The monoisotopic (exact) mass is 262 g/mol. The summed E-state index contributed by atoms with van der Waals surface area (Å²) in [7, 11) is 2.74. The van der Waals surface area contributed by atoms with E-state index in [0.29, 0.717) is 6.42 Å². The number of rotatable bonds is 7. The van der Waals surface area contributed by atoms with Crippen molar-refractivity contribution in [1.29, 1.82) is 0 Å². The number of urea groups is 1. The van der Waals surface area contributed by atoms with Crippen LogP contribution in [0.4, 0.5) is 4.79 Å². The number of carbonyl (C=O) groups excluding carboxylic acids is 2. The molecule has 1 atom stereocenters. The number of carboxylic acid groups (broad SMARTS) is 1. The number of aliphatic hydroxyl groups is 1. The number of esters is 1. The van der Waals surface area contributed by atoms with E-state index in [0.717, 1.165) is 0 Å². The lowest BCUT2D eigenvalue weighted by molar-refractivity contribution is -0.141. The fourth-order valence-corrected chi connectivity index (χ4v) is 1.11. The van der Waals surface area contributed by atoms with Crippen molar-refractivity contribution in [3.8, 4) is 0 Å². The summed E-state index contributed by atoms with van der Waals surface area (Å²) >= 11 is 0. The van der Waals surface area contributed by atoms with Crippen molar-refractivity contribution < 1.29 is 29.3 Å². The van der Waals surface area contributed by atoms with Gasteiger partial charge in [0.05, 0.1) is 13.7 Å². The number of nitrogens with zero attached hydrogens (tertiary/aromatic N) is 1. The molecule has 0 aliphatic rings. The van der Waals surface area contributed by atoms with Crippen molar-refractivity contribution in [3.05, 3.63) is 0 Å². The Bertz CT molecular complexity index is 307. The number of ether oxygens (including phenoxy) is 1. The highest BCUT2D eigenvalue weighted by Crippen LogP contribution is 1.96. The zero-order valence-corrected chi connectivity index (χ0v) is 10.4. The fraction of sp³-hybridized carbons (Fsp3) is 0.700. The van der Waals surface area contributed by atoms with E-state index in [1.54, 1.807) is 0 Å². The van der Waals surface area contributed by atoms with Crippen LogP contribution in [-0.2, 0) is 14.3 Å². The zero-order valence-electron chi connectivity index (χ0n) is 10.4. The highest BCUT2D eigenvalue weighted by molar-refractivity contribution is 5.82. The van der Waals surface area contributed by atoms with Crippen molar-refractivity contribution in [2.75, 3.05) is 27.3 Å². The largest absolute Gasteiger partial charge is 0.480 e. The van der Waals surface area contributed by atoms with E-state index >= 15 is 0 Å². The average molecular weight is 262 g/mol. The van der Waals surface area contributed by atoms with E-state index in [9.17, 15) is 14.4 Å². The van der Waals surface area contributed by atoms with Crippen molar-refractivity contribution in [2.24, 2.45) is 0 Å². The van der Waals surface area contributed by atoms with Crippen molar-refractivity contribution in [2.45, 2.75) is 18.9 Å². The Balaban J connectivity index is 4.02. The molecule has 0 radical (unpaired) electrons. The second-order valence-corrected chi connectivity index (χ2v) is 3.62. The van der Waals surface area contributed by atoms with Crippen LogP contribution in [0.2, 0.25) is 0 Å². The average Bonchev–Trinajstić information content (AvgIpc) is 2.34. The highest BCUT2D eigenvalue weighted by Gasteiger charge is 2.20. The Morgan fingerprint density at radius 3 is 2.44 bits per heavy atom. The lowest BCUT2D eigenvalue weighted by Crippen LogP contribution is -2.48.